The van der Waals surface area contributed by atoms with Crippen molar-refractivity contribution in [2.45, 2.75) is 71.1 Å². The van der Waals surface area contributed by atoms with Crippen molar-refractivity contribution < 1.29 is 32.6 Å². The molecule has 0 bridgehead atoms. The molecule has 10 heteroatoms. The normalized spacial score (nSPS) is 14.0. The van der Waals surface area contributed by atoms with E-state index in [1.54, 1.807) is 32.9 Å². The van der Waals surface area contributed by atoms with Crippen LogP contribution in [0.5, 0.6) is 5.75 Å². The summed E-state index contributed by atoms with van der Waals surface area (Å²) in [4.78, 5) is 26.9. The van der Waals surface area contributed by atoms with E-state index in [4.69, 9.17) is 9.47 Å². The van der Waals surface area contributed by atoms with E-state index in [2.05, 4.69) is 5.32 Å². The molecule has 0 saturated heterocycles. The number of esters is 1. The van der Waals surface area contributed by atoms with E-state index >= 15 is 0 Å². The average molecular weight is 653 g/mol. The molecule has 9 nitrogen and oxygen atoms in total. The van der Waals surface area contributed by atoms with Gasteiger partial charge in [0.15, 0.2) is 0 Å². The van der Waals surface area contributed by atoms with E-state index < -0.39 is 45.4 Å². The Hall–Kier alpha value is -3.73. The van der Waals surface area contributed by atoms with Crippen LogP contribution < -0.4 is 10.1 Å². The molecule has 250 valence electrons. The van der Waals surface area contributed by atoms with Crippen LogP contribution in [0.1, 0.15) is 52.2 Å². The van der Waals surface area contributed by atoms with Crippen molar-refractivity contribution >= 4 is 21.9 Å². The quantitative estimate of drug-likeness (QED) is 0.192. The highest BCUT2D eigenvalue weighted by molar-refractivity contribution is 7.89. The van der Waals surface area contributed by atoms with E-state index in [0.717, 1.165) is 11.1 Å². The molecule has 46 heavy (non-hydrogen) atoms. The molecule has 2 unspecified atom stereocenters. The summed E-state index contributed by atoms with van der Waals surface area (Å²) in [6.45, 7) is 8.99. The molecule has 0 heterocycles. The van der Waals surface area contributed by atoms with Gasteiger partial charge in [0.1, 0.15) is 12.4 Å². The van der Waals surface area contributed by atoms with Crippen LogP contribution in [-0.2, 0) is 37.4 Å². The average Bonchev–Trinajstić information content (AvgIpc) is 3.05. The van der Waals surface area contributed by atoms with Crippen molar-refractivity contribution in [2.75, 3.05) is 20.2 Å². The summed E-state index contributed by atoms with van der Waals surface area (Å²) < 4.78 is 39.6. The van der Waals surface area contributed by atoms with E-state index in [9.17, 15) is 23.1 Å². The van der Waals surface area contributed by atoms with Crippen LogP contribution in [0.15, 0.2) is 89.8 Å². The molecule has 2 N–H and O–H groups in total. The Morgan fingerprint density at radius 3 is 2.00 bits per heavy atom. The first-order valence-corrected chi connectivity index (χ1v) is 17.1. The molecule has 3 aromatic rings. The van der Waals surface area contributed by atoms with Crippen molar-refractivity contribution in [3.8, 4) is 5.75 Å². The lowest BCUT2D eigenvalue weighted by atomic mass is 9.79. The van der Waals surface area contributed by atoms with Gasteiger partial charge in [-0.25, -0.2) is 8.42 Å². The number of sulfonamides is 1. The smallest absolute Gasteiger partial charge is 0.312 e. The fourth-order valence-corrected chi connectivity index (χ4v) is 6.29. The maximum atomic E-state index is 13.8. The number of aliphatic hydroxyl groups is 1. The lowest BCUT2D eigenvalue weighted by Crippen LogP contribution is -2.53. The molecule has 0 fully saturated rings. The number of rotatable bonds is 17. The van der Waals surface area contributed by atoms with Crippen LogP contribution in [0, 0.1) is 17.3 Å². The summed E-state index contributed by atoms with van der Waals surface area (Å²) in [7, 11) is -2.48. The Bertz CT molecular complexity index is 1490. The zero-order chi connectivity index (χ0) is 33.9. The summed E-state index contributed by atoms with van der Waals surface area (Å²) in [5.41, 5.74) is 0.511. The number of hydrogen-bond donors (Lipinski definition) is 2. The van der Waals surface area contributed by atoms with Crippen molar-refractivity contribution in [1.82, 2.24) is 9.62 Å². The largest absolute Gasteiger partial charge is 0.497 e. The maximum Gasteiger partial charge on any atom is 0.312 e. The molecule has 0 saturated carbocycles. The lowest BCUT2D eigenvalue weighted by molar-refractivity contribution is -0.161. The number of nitrogens with zero attached hydrogens (tertiary/aromatic N) is 1. The molecule has 1 amide bonds. The molecule has 3 rings (SSSR count). The standard InChI is InChI=1S/C36H48N2O7S/c1-26(2)21-22-38(46(42,43)31-19-17-30(44-6)18-20-31)24-33(39)32(23-28-13-9-7-10-14-28)37-34(40)27(3)36(4,5)35(41)45-25-29-15-11-8-12-16-29/h7-20,26-27,32-33,39H,21-25H2,1-6H3,(H,37,40)/t27?,32-,33?/m0/s1. The Balaban J connectivity index is 1.83. The van der Waals surface area contributed by atoms with Gasteiger partial charge in [-0.3, -0.25) is 9.59 Å². The Kier molecular flexibility index (Phi) is 13.4. The van der Waals surface area contributed by atoms with Crippen LogP contribution in [0.4, 0.5) is 0 Å². The van der Waals surface area contributed by atoms with Crippen LogP contribution >= 0.6 is 0 Å². The van der Waals surface area contributed by atoms with Crippen LogP contribution in [0.3, 0.4) is 0 Å². The summed E-state index contributed by atoms with van der Waals surface area (Å²) >= 11 is 0. The predicted octanol–water partition coefficient (Wildman–Crippen LogP) is 5.23. The van der Waals surface area contributed by atoms with Crippen molar-refractivity contribution in [3.05, 3.63) is 96.1 Å². The zero-order valence-electron chi connectivity index (χ0n) is 27.7. The van der Waals surface area contributed by atoms with Crippen molar-refractivity contribution in [3.63, 3.8) is 0 Å². The summed E-state index contributed by atoms with van der Waals surface area (Å²) in [5, 5.41) is 14.6. The Labute approximate surface area is 274 Å². The van der Waals surface area contributed by atoms with Gasteiger partial charge >= 0.3 is 5.97 Å². The first-order valence-electron chi connectivity index (χ1n) is 15.6. The minimum atomic E-state index is -3.99. The number of ether oxygens (including phenoxy) is 2. The third-order valence-electron chi connectivity index (χ3n) is 8.35. The lowest BCUT2D eigenvalue weighted by Gasteiger charge is -2.33. The van der Waals surface area contributed by atoms with E-state index in [1.807, 2.05) is 74.5 Å². The molecule has 0 aliphatic carbocycles. The number of amides is 1. The van der Waals surface area contributed by atoms with E-state index in [0.29, 0.717) is 12.2 Å². The molecule has 0 aromatic heterocycles. The number of carbonyl (C=O) groups excluding carboxylic acids is 2. The topological polar surface area (TPSA) is 122 Å². The highest BCUT2D eigenvalue weighted by Gasteiger charge is 2.41. The second kappa shape index (κ2) is 16.7. The first-order chi connectivity index (χ1) is 21.7. The highest BCUT2D eigenvalue weighted by atomic mass is 32.2. The second-order valence-corrected chi connectivity index (χ2v) is 14.5. The van der Waals surface area contributed by atoms with Crippen molar-refractivity contribution in [2.24, 2.45) is 17.3 Å². The number of methoxy groups -OCH3 is 1. The van der Waals surface area contributed by atoms with Crippen LogP contribution in [0.25, 0.3) is 0 Å². The SMILES string of the molecule is COc1ccc(S(=O)(=O)N(CCC(C)C)CC(O)[C@H](Cc2ccccc2)NC(=O)C(C)C(C)(C)C(=O)OCc2ccccc2)cc1. The number of nitrogens with one attached hydrogen (secondary N) is 1. The third-order valence-corrected chi connectivity index (χ3v) is 10.2. The Morgan fingerprint density at radius 1 is 0.891 bits per heavy atom. The number of benzene rings is 3. The number of carbonyl (C=O) groups is 2. The Morgan fingerprint density at radius 2 is 1.46 bits per heavy atom. The van der Waals surface area contributed by atoms with E-state index in [1.165, 1.54) is 23.5 Å². The highest BCUT2D eigenvalue weighted by Crippen LogP contribution is 2.29. The van der Waals surface area contributed by atoms with Crippen LogP contribution in [0.2, 0.25) is 0 Å². The summed E-state index contributed by atoms with van der Waals surface area (Å²) in [6, 6.07) is 23.9. The molecule has 0 radical (unpaired) electrons. The van der Waals surface area contributed by atoms with Gasteiger partial charge in [0.05, 0.1) is 35.5 Å². The predicted molar refractivity (Wildman–Crippen MR) is 178 cm³/mol. The van der Waals surface area contributed by atoms with Gasteiger partial charge in [-0.05, 0) is 68.0 Å². The summed E-state index contributed by atoms with van der Waals surface area (Å²) in [5.74, 6) is -1.05. The van der Waals surface area contributed by atoms with Gasteiger partial charge in [0.25, 0.3) is 0 Å². The van der Waals surface area contributed by atoms with E-state index in [-0.39, 0.29) is 36.9 Å². The minimum absolute atomic E-state index is 0.0808. The molecule has 3 atom stereocenters. The number of hydrogen-bond acceptors (Lipinski definition) is 7. The van der Waals surface area contributed by atoms with Gasteiger partial charge in [0, 0.05) is 13.1 Å². The molecule has 0 aliphatic heterocycles. The minimum Gasteiger partial charge on any atom is -0.497 e. The molecular weight excluding hydrogens is 604 g/mol. The maximum absolute atomic E-state index is 13.8. The third kappa shape index (κ3) is 10.1. The summed E-state index contributed by atoms with van der Waals surface area (Å²) in [6.07, 6.45) is -0.432. The monoisotopic (exact) mass is 652 g/mol. The first kappa shape index (κ1) is 36.7. The van der Waals surface area contributed by atoms with Gasteiger partial charge in [0.2, 0.25) is 15.9 Å². The fourth-order valence-electron chi connectivity index (χ4n) is 4.82. The second-order valence-electron chi connectivity index (χ2n) is 12.6. The van der Waals surface area contributed by atoms with Gasteiger partial charge in [-0.1, -0.05) is 81.4 Å². The van der Waals surface area contributed by atoms with Crippen molar-refractivity contribution in [1.29, 1.82) is 0 Å². The number of aliphatic hydroxyl groups excluding tert-OH is 1. The zero-order valence-corrected chi connectivity index (χ0v) is 28.5. The fraction of sp³-hybridized carbons (Fsp3) is 0.444. The molecule has 3 aromatic carbocycles. The van der Waals surface area contributed by atoms with Gasteiger partial charge < -0.3 is 19.9 Å². The van der Waals surface area contributed by atoms with Gasteiger partial charge in [-0.15, -0.1) is 0 Å². The van der Waals surface area contributed by atoms with Gasteiger partial charge in [-0.2, -0.15) is 4.31 Å². The molecular formula is C36H48N2O7S. The molecule has 0 spiro atoms. The van der Waals surface area contributed by atoms with Crippen LogP contribution in [-0.4, -0.2) is 62.1 Å². The molecule has 0 aliphatic rings.